The van der Waals surface area contributed by atoms with E-state index in [-0.39, 0.29) is 5.63 Å². The van der Waals surface area contributed by atoms with E-state index in [9.17, 15) is 13.2 Å². The molecule has 0 spiro atoms. The van der Waals surface area contributed by atoms with E-state index in [1.807, 2.05) is 19.9 Å². The van der Waals surface area contributed by atoms with E-state index in [0.29, 0.717) is 51.4 Å². The monoisotopic (exact) mass is 419 g/mol. The first-order valence-electron chi connectivity index (χ1n) is 10.5. The molecule has 2 heterocycles. The SMILES string of the molecule is CCN(CC)S(=O)(=O)N1CCN(Cc2cc(=O)oc3cc4c(cc23)CCC4)CC1. The first-order chi connectivity index (χ1) is 13.9. The van der Waals surface area contributed by atoms with Crippen molar-refractivity contribution in [2.45, 2.75) is 39.7 Å². The van der Waals surface area contributed by atoms with Crippen molar-refractivity contribution in [2.75, 3.05) is 39.3 Å². The zero-order valence-corrected chi connectivity index (χ0v) is 18.0. The van der Waals surface area contributed by atoms with Gasteiger partial charge in [0.05, 0.1) is 0 Å². The van der Waals surface area contributed by atoms with Gasteiger partial charge in [0.15, 0.2) is 0 Å². The van der Waals surface area contributed by atoms with Crippen LogP contribution in [0.2, 0.25) is 0 Å². The summed E-state index contributed by atoms with van der Waals surface area (Å²) in [5.74, 6) is 0. The van der Waals surface area contributed by atoms with Crippen LogP contribution in [-0.4, -0.2) is 61.2 Å². The molecule has 0 saturated carbocycles. The number of rotatable bonds is 6. The fraction of sp³-hybridized carbons (Fsp3) is 0.571. The average Bonchev–Trinajstić information content (AvgIpc) is 3.15. The molecule has 1 saturated heterocycles. The Labute approximate surface area is 172 Å². The topological polar surface area (TPSA) is 74.1 Å². The fourth-order valence-corrected chi connectivity index (χ4v) is 6.10. The summed E-state index contributed by atoms with van der Waals surface area (Å²) >= 11 is 0. The molecular weight excluding hydrogens is 390 g/mol. The van der Waals surface area contributed by atoms with Crippen LogP contribution in [0.3, 0.4) is 0 Å². The molecule has 29 heavy (non-hydrogen) atoms. The van der Waals surface area contributed by atoms with Crippen LogP contribution in [0.25, 0.3) is 11.0 Å². The van der Waals surface area contributed by atoms with Gasteiger partial charge in [-0.05, 0) is 48.1 Å². The second-order valence-electron chi connectivity index (χ2n) is 7.83. The van der Waals surface area contributed by atoms with Gasteiger partial charge >= 0.3 is 5.63 Å². The molecule has 0 bridgehead atoms. The molecule has 1 fully saturated rings. The molecule has 7 nitrogen and oxygen atoms in total. The highest BCUT2D eigenvalue weighted by atomic mass is 32.2. The van der Waals surface area contributed by atoms with E-state index in [1.165, 1.54) is 15.4 Å². The minimum absolute atomic E-state index is 0.326. The van der Waals surface area contributed by atoms with Crippen LogP contribution in [-0.2, 0) is 29.6 Å². The van der Waals surface area contributed by atoms with Crippen molar-refractivity contribution in [3.05, 3.63) is 45.3 Å². The Morgan fingerprint density at radius 3 is 2.31 bits per heavy atom. The molecule has 0 N–H and O–H groups in total. The normalized spacial score (nSPS) is 18.6. The highest BCUT2D eigenvalue weighted by Gasteiger charge is 2.31. The molecule has 1 aliphatic carbocycles. The summed E-state index contributed by atoms with van der Waals surface area (Å²) in [4.78, 5) is 14.3. The smallest absolute Gasteiger partial charge is 0.336 e. The molecule has 1 aromatic carbocycles. The van der Waals surface area contributed by atoms with Crippen molar-refractivity contribution in [1.29, 1.82) is 0 Å². The third-order valence-electron chi connectivity index (χ3n) is 6.13. The van der Waals surface area contributed by atoms with Crippen molar-refractivity contribution in [3.8, 4) is 0 Å². The molecule has 8 heteroatoms. The van der Waals surface area contributed by atoms with E-state index in [2.05, 4.69) is 11.0 Å². The molecule has 2 aliphatic rings. The largest absolute Gasteiger partial charge is 0.423 e. The number of hydrogen-bond acceptors (Lipinski definition) is 5. The Balaban J connectivity index is 1.51. The number of benzene rings is 1. The van der Waals surface area contributed by atoms with Gasteiger partial charge in [0, 0.05) is 57.3 Å². The molecule has 1 aliphatic heterocycles. The Morgan fingerprint density at radius 1 is 1.00 bits per heavy atom. The number of aryl methyl sites for hydroxylation is 2. The average molecular weight is 420 g/mol. The number of hydrogen-bond donors (Lipinski definition) is 0. The Hall–Kier alpha value is -1.74. The van der Waals surface area contributed by atoms with E-state index in [4.69, 9.17) is 4.42 Å². The summed E-state index contributed by atoms with van der Waals surface area (Å²) in [6, 6.07) is 5.79. The summed E-state index contributed by atoms with van der Waals surface area (Å²) in [7, 11) is -3.39. The number of fused-ring (bicyclic) bond motifs is 2. The Morgan fingerprint density at radius 2 is 1.66 bits per heavy atom. The maximum Gasteiger partial charge on any atom is 0.336 e. The van der Waals surface area contributed by atoms with Gasteiger partial charge in [0.2, 0.25) is 0 Å². The Bertz CT molecular complexity index is 1050. The minimum Gasteiger partial charge on any atom is -0.423 e. The second kappa shape index (κ2) is 8.18. The van der Waals surface area contributed by atoms with E-state index >= 15 is 0 Å². The maximum absolute atomic E-state index is 12.7. The summed E-state index contributed by atoms with van der Waals surface area (Å²) in [5, 5.41) is 1.00. The molecule has 1 aromatic heterocycles. The van der Waals surface area contributed by atoms with Crippen LogP contribution in [0.5, 0.6) is 0 Å². The summed E-state index contributed by atoms with van der Waals surface area (Å²) in [6.45, 7) is 7.53. The molecule has 0 atom stereocenters. The highest BCUT2D eigenvalue weighted by molar-refractivity contribution is 7.86. The number of nitrogens with zero attached hydrogens (tertiary/aromatic N) is 3. The minimum atomic E-state index is -3.39. The lowest BCUT2D eigenvalue weighted by Crippen LogP contribution is -2.52. The van der Waals surface area contributed by atoms with Crippen LogP contribution in [0.15, 0.2) is 27.4 Å². The molecule has 158 valence electrons. The lowest BCUT2D eigenvalue weighted by atomic mass is 10.0. The van der Waals surface area contributed by atoms with Gasteiger partial charge in [0.25, 0.3) is 10.2 Å². The summed E-state index contributed by atoms with van der Waals surface area (Å²) < 4.78 is 34.0. The summed E-state index contributed by atoms with van der Waals surface area (Å²) in [6.07, 6.45) is 3.27. The number of piperazine rings is 1. The standard InChI is InChI=1S/C21H29N3O4S/c1-3-23(4-2)29(26,27)24-10-8-22(9-11-24)15-18-14-21(25)28-20-13-17-7-5-6-16(17)12-19(18)20/h12-14H,3-11,15H2,1-2H3. The van der Waals surface area contributed by atoms with Crippen LogP contribution in [0.4, 0.5) is 0 Å². The second-order valence-corrected chi connectivity index (χ2v) is 9.76. The van der Waals surface area contributed by atoms with Gasteiger partial charge in [-0.25, -0.2) is 4.79 Å². The zero-order valence-electron chi connectivity index (χ0n) is 17.2. The molecule has 0 amide bonds. The van der Waals surface area contributed by atoms with Gasteiger partial charge in [-0.3, -0.25) is 4.90 Å². The third kappa shape index (κ3) is 3.99. The van der Waals surface area contributed by atoms with Gasteiger partial charge in [-0.1, -0.05) is 13.8 Å². The van der Waals surface area contributed by atoms with Crippen molar-refractivity contribution >= 4 is 21.2 Å². The van der Waals surface area contributed by atoms with Gasteiger partial charge in [-0.2, -0.15) is 17.0 Å². The van der Waals surface area contributed by atoms with Gasteiger partial charge in [-0.15, -0.1) is 0 Å². The molecule has 0 unspecified atom stereocenters. The van der Waals surface area contributed by atoms with Crippen LogP contribution < -0.4 is 5.63 Å². The van der Waals surface area contributed by atoms with Crippen molar-refractivity contribution in [2.24, 2.45) is 0 Å². The maximum atomic E-state index is 12.7. The third-order valence-corrected chi connectivity index (χ3v) is 8.31. The van der Waals surface area contributed by atoms with Gasteiger partial charge < -0.3 is 4.42 Å². The lowest BCUT2D eigenvalue weighted by Gasteiger charge is -2.36. The molecular formula is C21H29N3O4S. The molecule has 2 aromatic rings. The van der Waals surface area contributed by atoms with Crippen molar-refractivity contribution in [1.82, 2.24) is 13.5 Å². The van der Waals surface area contributed by atoms with E-state index in [0.717, 1.165) is 30.2 Å². The molecule has 4 rings (SSSR count). The lowest BCUT2D eigenvalue weighted by molar-refractivity contribution is 0.175. The predicted molar refractivity (Wildman–Crippen MR) is 113 cm³/mol. The fourth-order valence-electron chi connectivity index (χ4n) is 4.50. The Kier molecular flexibility index (Phi) is 5.79. The summed E-state index contributed by atoms with van der Waals surface area (Å²) in [5.41, 5.74) is 3.94. The first kappa shape index (κ1) is 20.5. The first-order valence-corrected chi connectivity index (χ1v) is 11.9. The van der Waals surface area contributed by atoms with Crippen molar-refractivity contribution in [3.63, 3.8) is 0 Å². The van der Waals surface area contributed by atoms with E-state index in [1.54, 1.807) is 10.4 Å². The van der Waals surface area contributed by atoms with Crippen LogP contribution in [0, 0.1) is 0 Å². The van der Waals surface area contributed by atoms with E-state index < -0.39 is 10.2 Å². The van der Waals surface area contributed by atoms with Crippen LogP contribution in [0.1, 0.15) is 37.0 Å². The van der Waals surface area contributed by atoms with Crippen molar-refractivity contribution < 1.29 is 12.8 Å². The van der Waals surface area contributed by atoms with Gasteiger partial charge in [0.1, 0.15) is 5.58 Å². The highest BCUT2D eigenvalue weighted by Crippen LogP contribution is 2.29. The zero-order chi connectivity index (χ0) is 20.6. The molecule has 0 radical (unpaired) electrons. The predicted octanol–water partition coefficient (Wildman–Crippen LogP) is 1.99. The van der Waals surface area contributed by atoms with Crippen LogP contribution >= 0.6 is 0 Å². The quantitative estimate of drug-likeness (QED) is 0.670.